The molecule has 0 aliphatic carbocycles. The monoisotopic (exact) mass is 417 g/mol. The summed E-state index contributed by atoms with van der Waals surface area (Å²) in [5.74, 6) is 0. The summed E-state index contributed by atoms with van der Waals surface area (Å²) in [4.78, 5) is 18.2. The van der Waals surface area contributed by atoms with Crippen molar-refractivity contribution in [2.24, 2.45) is 4.99 Å². The first kappa shape index (κ1) is 21.7. The number of amides is 1. The molecule has 0 aromatic heterocycles. The first-order chi connectivity index (χ1) is 14.5. The van der Waals surface area contributed by atoms with Crippen molar-refractivity contribution >= 4 is 39.8 Å². The number of benzene rings is 3. The lowest BCUT2D eigenvalue weighted by Crippen LogP contribution is -2.22. The average molecular weight is 418 g/mol. The van der Waals surface area contributed by atoms with Gasteiger partial charge in [0.05, 0.1) is 10.9 Å². The van der Waals surface area contributed by atoms with Gasteiger partial charge in [-0.15, -0.1) is 0 Å². The van der Waals surface area contributed by atoms with Crippen LogP contribution in [0, 0.1) is 0 Å². The molecule has 0 aliphatic heterocycles. The number of carbonyl (C=O) groups excluding carboxylic acids is 1. The second-order valence-corrected chi connectivity index (χ2v) is 8.25. The molecule has 3 aromatic carbocycles. The van der Waals surface area contributed by atoms with Gasteiger partial charge in [-0.3, -0.25) is 4.79 Å². The number of aliphatic imine (C=N–C) groups is 1. The van der Waals surface area contributed by atoms with E-state index in [1.54, 1.807) is 0 Å². The van der Waals surface area contributed by atoms with Gasteiger partial charge in [-0.25, -0.2) is 4.99 Å². The molecule has 0 bridgehead atoms. The van der Waals surface area contributed by atoms with Crippen LogP contribution in [0.15, 0.2) is 84.0 Å². The summed E-state index contributed by atoms with van der Waals surface area (Å²) in [6.07, 6.45) is 1.54. The molecular weight excluding hydrogens is 390 g/mol. The van der Waals surface area contributed by atoms with E-state index in [4.69, 9.17) is 4.99 Å². The second kappa shape index (κ2) is 10.1. The number of likely N-dealkylation sites (N-methyl/N-ethyl adjacent to an activating group) is 1. The number of fused-ring (bicyclic) bond motifs is 1. The molecule has 154 valence electrons. The quantitative estimate of drug-likeness (QED) is 0.305. The van der Waals surface area contributed by atoms with Gasteiger partial charge in [0.2, 0.25) is 6.41 Å². The average Bonchev–Trinajstić information content (AvgIpc) is 2.77. The maximum Gasteiger partial charge on any atom is 0.213 e. The van der Waals surface area contributed by atoms with Crippen molar-refractivity contribution in [2.45, 2.75) is 18.6 Å². The van der Waals surface area contributed by atoms with Crippen molar-refractivity contribution in [3.8, 4) is 0 Å². The van der Waals surface area contributed by atoms with Crippen molar-refractivity contribution in [2.75, 3.05) is 14.1 Å². The molecule has 0 saturated carbocycles. The van der Waals surface area contributed by atoms with Gasteiger partial charge in [-0.2, -0.15) is 0 Å². The smallest absolute Gasteiger partial charge is 0.213 e. The Bertz CT molecular complexity index is 1060. The van der Waals surface area contributed by atoms with Crippen molar-refractivity contribution in [3.05, 3.63) is 90.1 Å². The maximum absolute atomic E-state index is 11.4. The fourth-order valence-corrected chi connectivity index (χ4v) is 4.35. The van der Waals surface area contributed by atoms with Crippen LogP contribution in [-0.2, 0) is 11.2 Å². The number of rotatable bonds is 7. The minimum Gasteiger partial charge on any atom is -0.380 e. The SMILES string of the molecule is C=C(C(SC(=Nc1cc2ccccc2cc1CC)NC=O)c1ccccc1)N(C)C. The van der Waals surface area contributed by atoms with Gasteiger partial charge in [0, 0.05) is 19.8 Å². The molecule has 1 atom stereocenters. The Hall–Kier alpha value is -3.05. The Morgan fingerprint density at radius 1 is 1.10 bits per heavy atom. The van der Waals surface area contributed by atoms with E-state index in [9.17, 15) is 4.79 Å². The Kier molecular flexibility index (Phi) is 7.31. The summed E-state index contributed by atoms with van der Waals surface area (Å²) in [7, 11) is 3.95. The predicted molar refractivity (Wildman–Crippen MR) is 129 cm³/mol. The van der Waals surface area contributed by atoms with Gasteiger partial charge in [-0.1, -0.05) is 79.9 Å². The third-order valence-electron chi connectivity index (χ3n) is 4.94. The third kappa shape index (κ3) is 5.10. The Balaban J connectivity index is 2.03. The Morgan fingerprint density at radius 2 is 1.73 bits per heavy atom. The fourth-order valence-electron chi connectivity index (χ4n) is 3.22. The number of aryl methyl sites for hydroxylation is 1. The van der Waals surface area contributed by atoms with Crippen LogP contribution in [0.25, 0.3) is 10.8 Å². The molecule has 0 heterocycles. The topological polar surface area (TPSA) is 44.7 Å². The third-order valence-corrected chi connectivity index (χ3v) is 6.15. The maximum atomic E-state index is 11.4. The minimum atomic E-state index is -0.0714. The molecule has 3 aromatic rings. The normalized spacial score (nSPS) is 12.4. The van der Waals surface area contributed by atoms with E-state index < -0.39 is 0 Å². The number of hydrogen-bond donors (Lipinski definition) is 1. The Morgan fingerprint density at radius 3 is 2.33 bits per heavy atom. The molecule has 1 amide bonds. The Labute approximate surface area is 182 Å². The zero-order chi connectivity index (χ0) is 21.5. The largest absolute Gasteiger partial charge is 0.380 e. The summed E-state index contributed by atoms with van der Waals surface area (Å²) in [6, 6.07) is 22.6. The van der Waals surface area contributed by atoms with Gasteiger partial charge in [-0.05, 0) is 40.5 Å². The van der Waals surface area contributed by atoms with Crippen LogP contribution in [-0.4, -0.2) is 30.6 Å². The van der Waals surface area contributed by atoms with E-state index in [0.29, 0.717) is 11.6 Å². The summed E-state index contributed by atoms with van der Waals surface area (Å²) in [6.45, 7) is 6.37. The number of thioether (sulfide) groups is 1. The van der Waals surface area contributed by atoms with E-state index in [-0.39, 0.29) is 5.25 Å². The van der Waals surface area contributed by atoms with Crippen LogP contribution < -0.4 is 5.32 Å². The van der Waals surface area contributed by atoms with Gasteiger partial charge >= 0.3 is 0 Å². The second-order valence-electron chi connectivity index (χ2n) is 7.16. The summed E-state index contributed by atoms with van der Waals surface area (Å²) in [5, 5.41) is 5.59. The van der Waals surface area contributed by atoms with Crippen LogP contribution in [0.4, 0.5) is 5.69 Å². The molecule has 30 heavy (non-hydrogen) atoms. The number of amidine groups is 1. The number of nitrogens with zero attached hydrogens (tertiary/aromatic N) is 2. The van der Waals surface area contributed by atoms with Crippen LogP contribution in [0.1, 0.15) is 23.3 Å². The standard InChI is InChI=1S/C25H27N3OS/c1-5-19-15-21-13-9-10-14-22(21)16-23(19)27-25(26-17-29)30-24(18(2)28(3)4)20-11-7-6-8-12-20/h6-17,24H,2,5H2,1,3-4H3,(H,26,27,29). The number of carbonyl (C=O) groups is 1. The van der Waals surface area contributed by atoms with Crippen LogP contribution in [0.3, 0.4) is 0 Å². The van der Waals surface area contributed by atoms with Crippen LogP contribution in [0.2, 0.25) is 0 Å². The van der Waals surface area contributed by atoms with Crippen LogP contribution in [0.5, 0.6) is 0 Å². The zero-order valence-corrected chi connectivity index (χ0v) is 18.4. The summed E-state index contributed by atoms with van der Waals surface area (Å²) >= 11 is 1.49. The first-order valence-electron chi connectivity index (χ1n) is 9.91. The van der Waals surface area contributed by atoms with Crippen molar-refractivity contribution in [1.82, 2.24) is 10.2 Å². The lowest BCUT2D eigenvalue weighted by Gasteiger charge is -2.25. The molecule has 0 spiro atoms. The van der Waals surface area contributed by atoms with E-state index in [1.807, 2.05) is 49.3 Å². The molecule has 1 unspecified atom stereocenters. The molecule has 0 fully saturated rings. The van der Waals surface area contributed by atoms with E-state index >= 15 is 0 Å². The van der Waals surface area contributed by atoms with Gasteiger partial charge in [0.15, 0.2) is 5.17 Å². The fraction of sp³-hybridized carbons (Fsp3) is 0.200. The van der Waals surface area contributed by atoms with E-state index in [0.717, 1.165) is 34.3 Å². The molecule has 5 heteroatoms. The van der Waals surface area contributed by atoms with Gasteiger partial charge in [0.25, 0.3) is 0 Å². The van der Waals surface area contributed by atoms with Crippen molar-refractivity contribution in [3.63, 3.8) is 0 Å². The number of nitrogens with one attached hydrogen (secondary N) is 1. The van der Waals surface area contributed by atoms with Crippen molar-refractivity contribution < 1.29 is 4.79 Å². The molecular formula is C25H27N3OS. The molecule has 0 aliphatic rings. The molecule has 0 radical (unpaired) electrons. The minimum absolute atomic E-state index is 0.0714. The number of hydrogen-bond acceptors (Lipinski definition) is 4. The highest BCUT2D eigenvalue weighted by molar-refractivity contribution is 8.14. The van der Waals surface area contributed by atoms with Gasteiger partial charge < -0.3 is 10.2 Å². The van der Waals surface area contributed by atoms with Gasteiger partial charge in [0.1, 0.15) is 0 Å². The molecule has 3 rings (SSSR count). The molecule has 4 nitrogen and oxygen atoms in total. The predicted octanol–water partition coefficient (Wildman–Crippen LogP) is 5.69. The lowest BCUT2D eigenvalue weighted by atomic mass is 10.0. The van der Waals surface area contributed by atoms with E-state index in [1.165, 1.54) is 17.1 Å². The zero-order valence-electron chi connectivity index (χ0n) is 17.6. The van der Waals surface area contributed by atoms with Crippen LogP contribution >= 0.6 is 11.8 Å². The highest BCUT2D eigenvalue weighted by atomic mass is 32.2. The molecule has 0 saturated heterocycles. The lowest BCUT2D eigenvalue weighted by molar-refractivity contribution is -0.108. The van der Waals surface area contributed by atoms with Crippen molar-refractivity contribution in [1.29, 1.82) is 0 Å². The first-order valence-corrected chi connectivity index (χ1v) is 10.8. The highest BCUT2D eigenvalue weighted by Gasteiger charge is 2.20. The highest BCUT2D eigenvalue weighted by Crippen LogP contribution is 2.37. The molecule has 1 N–H and O–H groups in total. The summed E-state index contributed by atoms with van der Waals surface area (Å²) < 4.78 is 0. The van der Waals surface area contributed by atoms with E-state index in [2.05, 4.69) is 55.2 Å². The summed E-state index contributed by atoms with van der Waals surface area (Å²) in [5.41, 5.74) is 4.05.